The van der Waals surface area contributed by atoms with E-state index in [0.29, 0.717) is 24.5 Å². The van der Waals surface area contributed by atoms with Crippen LogP contribution in [0.5, 0.6) is 0 Å². The van der Waals surface area contributed by atoms with Crippen LogP contribution in [0.3, 0.4) is 0 Å². The van der Waals surface area contributed by atoms with Gasteiger partial charge < -0.3 is 25.4 Å². The molecule has 2 amide bonds. The number of para-hydroxylation sites is 1. The number of nitrogens with zero attached hydrogens (tertiary/aromatic N) is 2. The predicted molar refractivity (Wildman–Crippen MR) is 184 cm³/mol. The Balaban J connectivity index is 1.23. The fourth-order valence-electron chi connectivity index (χ4n) is 5.56. The fraction of sp³-hybridized carbons (Fsp3) is 0.353. The van der Waals surface area contributed by atoms with E-state index in [2.05, 4.69) is 20.3 Å². The number of aliphatic hydroxyl groups is 1. The number of guanidine groups is 1. The van der Waals surface area contributed by atoms with Gasteiger partial charge in [0, 0.05) is 26.4 Å². The number of hydrogen-bond acceptors (Lipinski definition) is 9. The highest BCUT2D eigenvalue weighted by Gasteiger charge is 2.40. The van der Waals surface area contributed by atoms with E-state index in [4.69, 9.17) is 10.1 Å². The van der Waals surface area contributed by atoms with Crippen molar-refractivity contribution in [2.45, 2.75) is 68.9 Å². The molecule has 14 heteroatoms. The van der Waals surface area contributed by atoms with Crippen LogP contribution in [0.2, 0.25) is 0 Å². The Morgan fingerprint density at radius 2 is 1.79 bits per heavy atom. The molecule has 12 nitrogen and oxygen atoms in total. The number of carbonyl (C=O) groups is 2. The van der Waals surface area contributed by atoms with E-state index < -0.39 is 40.1 Å². The molecule has 0 bridgehead atoms. The number of carbonyl (C=O) groups excluding carboxylic acids is 2. The van der Waals surface area contributed by atoms with Crippen molar-refractivity contribution < 1.29 is 27.9 Å². The first-order valence-electron chi connectivity index (χ1n) is 15.7. The molecule has 1 saturated heterocycles. The molecule has 48 heavy (non-hydrogen) atoms. The number of amides is 2. The van der Waals surface area contributed by atoms with Crippen molar-refractivity contribution in [1.82, 2.24) is 25.2 Å². The first-order chi connectivity index (χ1) is 23.0. The summed E-state index contributed by atoms with van der Waals surface area (Å²) in [6.07, 6.45) is -0.540. The average Bonchev–Trinajstić information content (AvgIpc) is 3.70. The lowest BCUT2D eigenvalue weighted by Gasteiger charge is -2.27. The van der Waals surface area contributed by atoms with E-state index in [0.717, 1.165) is 21.3 Å². The molecule has 2 heterocycles. The maximum Gasteiger partial charge on any atom is 0.264 e. The quantitative estimate of drug-likeness (QED) is 0.0803. The summed E-state index contributed by atoms with van der Waals surface area (Å²) in [5.41, 5.74) is 2.63. The van der Waals surface area contributed by atoms with Crippen molar-refractivity contribution in [2.75, 3.05) is 13.1 Å². The molecule has 0 spiro atoms. The van der Waals surface area contributed by atoms with Gasteiger partial charge in [0.05, 0.1) is 33.9 Å². The summed E-state index contributed by atoms with van der Waals surface area (Å²) in [6.45, 7) is 4.08. The van der Waals surface area contributed by atoms with Gasteiger partial charge in [-0.05, 0) is 49.6 Å². The van der Waals surface area contributed by atoms with Crippen molar-refractivity contribution >= 4 is 49.4 Å². The van der Waals surface area contributed by atoms with Crippen LogP contribution in [0.15, 0.2) is 83.8 Å². The van der Waals surface area contributed by atoms with Gasteiger partial charge in [-0.25, -0.2) is 18.1 Å². The summed E-state index contributed by atoms with van der Waals surface area (Å²) in [4.78, 5) is 32.4. The summed E-state index contributed by atoms with van der Waals surface area (Å²) in [5, 5.41) is 25.8. The van der Waals surface area contributed by atoms with Gasteiger partial charge in [0.15, 0.2) is 0 Å². The summed E-state index contributed by atoms with van der Waals surface area (Å²) in [7, 11) is -3.94. The van der Waals surface area contributed by atoms with Gasteiger partial charge in [-0.3, -0.25) is 15.0 Å². The molecular formula is C34H40N6O6S2. The van der Waals surface area contributed by atoms with Crippen LogP contribution in [0.4, 0.5) is 0 Å². The number of aromatic nitrogens is 1. The first kappa shape index (κ1) is 35.0. The molecule has 0 saturated carbocycles. The monoisotopic (exact) mass is 692 g/mol. The van der Waals surface area contributed by atoms with E-state index in [1.54, 1.807) is 12.1 Å². The Hall–Kier alpha value is -4.37. The molecule has 3 aromatic carbocycles. The molecular weight excluding hydrogens is 653 g/mol. The molecule has 1 aromatic heterocycles. The van der Waals surface area contributed by atoms with Crippen LogP contribution in [-0.4, -0.2) is 72.5 Å². The maximum absolute atomic E-state index is 13.7. The van der Waals surface area contributed by atoms with Crippen LogP contribution in [0.25, 0.3) is 10.2 Å². The van der Waals surface area contributed by atoms with Crippen molar-refractivity contribution in [3.8, 4) is 0 Å². The third-order valence-electron chi connectivity index (χ3n) is 8.13. The third-order valence-corrected chi connectivity index (χ3v) is 10.6. The second-order valence-electron chi connectivity index (χ2n) is 11.8. The summed E-state index contributed by atoms with van der Waals surface area (Å²) >= 11 is 1.33. The van der Waals surface area contributed by atoms with Crippen molar-refractivity contribution in [3.63, 3.8) is 0 Å². The highest BCUT2D eigenvalue weighted by Crippen LogP contribution is 2.30. The second-order valence-corrected chi connectivity index (χ2v) is 14.5. The number of fused-ring (bicyclic) bond motifs is 1. The minimum Gasteiger partial charge on any atom is -0.384 e. The zero-order chi connectivity index (χ0) is 34.3. The maximum atomic E-state index is 13.7. The third kappa shape index (κ3) is 8.95. The van der Waals surface area contributed by atoms with E-state index in [9.17, 15) is 23.1 Å². The number of likely N-dealkylation sites (tertiary alicyclic amines) is 1. The largest absolute Gasteiger partial charge is 0.384 e. The number of nitrogens with one attached hydrogen (secondary N) is 4. The SMILES string of the molecule is CC(=O)N1C[C@H](OCc2ccccc2)C[C@H]1C(=O)N[C@@H](CCCNC(=N)NS(=O)(=O)c1ccc(C)cc1)C(O)c1nc2ccccc2s1. The van der Waals surface area contributed by atoms with Gasteiger partial charge in [0.25, 0.3) is 10.0 Å². The molecule has 1 fully saturated rings. The smallest absolute Gasteiger partial charge is 0.264 e. The topological polar surface area (TPSA) is 174 Å². The highest BCUT2D eigenvalue weighted by molar-refractivity contribution is 7.90. The van der Waals surface area contributed by atoms with Gasteiger partial charge >= 0.3 is 0 Å². The van der Waals surface area contributed by atoms with Gasteiger partial charge in [-0.15, -0.1) is 11.3 Å². The normalized spacial score (nSPS) is 17.5. The first-order valence-corrected chi connectivity index (χ1v) is 18.0. The molecule has 0 radical (unpaired) electrons. The minimum atomic E-state index is -3.94. The Bertz CT molecular complexity index is 1800. The molecule has 1 aliphatic heterocycles. The van der Waals surface area contributed by atoms with Gasteiger partial charge in [-0.2, -0.15) is 0 Å². The molecule has 1 unspecified atom stereocenters. The van der Waals surface area contributed by atoms with Crippen LogP contribution < -0.4 is 15.4 Å². The molecule has 4 atom stereocenters. The Kier molecular flexibility index (Phi) is 11.4. The molecule has 254 valence electrons. The number of sulfonamides is 1. The fourth-order valence-corrected chi connectivity index (χ4v) is 7.53. The van der Waals surface area contributed by atoms with Crippen LogP contribution >= 0.6 is 11.3 Å². The lowest BCUT2D eigenvalue weighted by Crippen LogP contribution is -2.50. The van der Waals surface area contributed by atoms with E-state index in [-0.39, 0.29) is 36.4 Å². The Morgan fingerprint density at radius 1 is 1.08 bits per heavy atom. The zero-order valence-corrected chi connectivity index (χ0v) is 28.4. The van der Waals surface area contributed by atoms with Crippen LogP contribution in [0.1, 0.15) is 48.4 Å². The average molecular weight is 693 g/mol. The van der Waals surface area contributed by atoms with Gasteiger partial charge in [0.1, 0.15) is 17.2 Å². The zero-order valence-electron chi connectivity index (χ0n) is 26.8. The van der Waals surface area contributed by atoms with Gasteiger partial charge in [0.2, 0.25) is 17.8 Å². The van der Waals surface area contributed by atoms with E-state index in [1.807, 2.05) is 61.5 Å². The lowest BCUT2D eigenvalue weighted by molar-refractivity contribution is -0.137. The van der Waals surface area contributed by atoms with Crippen molar-refractivity contribution in [3.05, 3.63) is 95.0 Å². The van der Waals surface area contributed by atoms with E-state index in [1.165, 1.54) is 35.3 Å². The van der Waals surface area contributed by atoms with Gasteiger partial charge in [-0.1, -0.05) is 60.2 Å². The van der Waals surface area contributed by atoms with Crippen LogP contribution in [0, 0.1) is 12.3 Å². The van der Waals surface area contributed by atoms with Crippen molar-refractivity contribution in [2.24, 2.45) is 0 Å². The van der Waals surface area contributed by atoms with E-state index >= 15 is 0 Å². The highest BCUT2D eigenvalue weighted by atomic mass is 32.2. The number of aliphatic hydroxyl groups excluding tert-OH is 1. The lowest BCUT2D eigenvalue weighted by atomic mass is 10.0. The number of benzene rings is 3. The Labute approximate surface area is 284 Å². The number of hydrogen-bond donors (Lipinski definition) is 5. The van der Waals surface area contributed by atoms with Crippen LogP contribution in [-0.2, 0) is 31.0 Å². The molecule has 1 aliphatic rings. The summed E-state index contributed by atoms with van der Waals surface area (Å²) in [5.74, 6) is -1.06. The minimum absolute atomic E-state index is 0.0422. The standard InChI is InChI=1S/C34H40N6O6S2/c1-22-14-16-26(17-15-22)48(44,45)39-34(35)36-18-8-12-28(31(42)33-38-27-11-6-7-13-30(27)47-33)37-32(43)29-19-25(20-40(29)23(2)41)46-21-24-9-4-3-5-10-24/h3-7,9-11,13-17,25,28-29,31,42H,8,12,18-21H2,1-2H3,(H,37,43)(H3,35,36,39)/t25-,28+,29+,31?/m1/s1. The molecule has 5 rings (SSSR count). The molecule has 5 N–H and O–H groups in total. The number of aryl methyl sites for hydroxylation is 1. The molecule has 0 aliphatic carbocycles. The Morgan fingerprint density at radius 3 is 2.50 bits per heavy atom. The molecule has 4 aromatic rings. The number of rotatable bonds is 13. The predicted octanol–water partition coefficient (Wildman–Crippen LogP) is 3.61. The second kappa shape index (κ2) is 15.7. The number of thiazole rings is 1. The summed E-state index contributed by atoms with van der Waals surface area (Å²) < 4.78 is 34.5. The summed E-state index contributed by atoms with van der Waals surface area (Å²) in [6, 6.07) is 21.9. The van der Waals surface area contributed by atoms with Crippen molar-refractivity contribution in [1.29, 1.82) is 5.41 Å². The number of ether oxygens (including phenoxy) is 1.